The van der Waals surface area contributed by atoms with Crippen molar-refractivity contribution in [3.8, 4) is 29.1 Å². The van der Waals surface area contributed by atoms with Gasteiger partial charge in [0.25, 0.3) is 5.69 Å². The van der Waals surface area contributed by atoms with Crippen LogP contribution in [0.2, 0.25) is 0 Å². The number of benzene rings is 6. The number of amides is 3. The van der Waals surface area contributed by atoms with Gasteiger partial charge in [0.15, 0.2) is 11.5 Å². The molecule has 0 aromatic heterocycles. The topological polar surface area (TPSA) is 208 Å². The van der Waals surface area contributed by atoms with Gasteiger partial charge >= 0.3 is 12.1 Å². The number of non-ortho nitro benzene ring substituents is 1. The summed E-state index contributed by atoms with van der Waals surface area (Å²) in [5, 5.41) is 30.9. The highest BCUT2D eigenvalue weighted by molar-refractivity contribution is 6.23. The Morgan fingerprint density at radius 3 is 2.13 bits per heavy atom. The first-order valence-corrected chi connectivity index (χ1v) is 24.4. The van der Waals surface area contributed by atoms with Gasteiger partial charge in [-0.3, -0.25) is 29.4 Å². The van der Waals surface area contributed by atoms with Gasteiger partial charge in [-0.2, -0.15) is 0 Å². The molecule has 0 radical (unpaired) electrons. The third-order valence-corrected chi connectivity index (χ3v) is 14.5. The maximum atomic E-state index is 16.8. The van der Waals surface area contributed by atoms with E-state index in [9.17, 15) is 25.1 Å². The summed E-state index contributed by atoms with van der Waals surface area (Å²) in [4.78, 5) is 79.3. The van der Waals surface area contributed by atoms with Gasteiger partial charge in [0, 0.05) is 37.2 Å². The lowest BCUT2D eigenvalue weighted by atomic mass is 9.64. The van der Waals surface area contributed by atoms with E-state index in [1.165, 1.54) is 31.4 Å². The fraction of sp³-hybridized carbons (Fsp3) is 0.276. The zero-order valence-corrected chi connectivity index (χ0v) is 41.0. The molecule has 382 valence electrons. The molecule has 0 saturated carbocycles. The van der Waals surface area contributed by atoms with E-state index in [4.69, 9.17) is 23.7 Å². The molecule has 1 spiro atoms. The van der Waals surface area contributed by atoms with E-state index >= 15 is 14.4 Å². The molecule has 6 aromatic carbocycles. The normalized spacial score (nSPS) is 21.5. The Labute approximate surface area is 431 Å². The number of ether oxygens (including phenoxy) is 5. The summed E-state index contributed by atoms with van der Waals surface area (Å²) >= 11 is 0. The lowest BCUT2D eigenvalue weighted by Crippen LogP contribution is -2.57. The van der Waals surface area contributed by atoms with Gasteiger partial charge in [-0.15, -0.1) is 0 Å². The van der Waals surface area contributed by atoms with Crippen LogP contribution < -0.4 is 19.1 Å². The van der Waals surface area contributed by atoms with E-state index in [-0.39, 0.29) is 62.9 Å². The maximum Gasteiger partial charge on any atom is 0.421 e. The van der Waals surface area contributed by atoms with Crippen LogP contribution in [0.4, 0.5) is 16.2 Å². The molecule has 10 rings (SSSR count). The number of rotatable bonds is 13. The number of hydrogen-bond donors (Lipinski definition) is 2. The number of cyclic esters (lactones) is 1. The fourth-order valence-electron chi connectivity index (χ4n) is 11.3. The molecular formula is C58H52N4O13. The molecule has 75 heavy (non-hydrogen) atoms. The summed E-state index contributed by atoms with van der Waals surface area (Å²) in [6.45, 7) is -0.606. The standard InChI is InChI=1S/C58H52N4O13/c1-71-47-32-41-26-27-59(34-42(41)33-48(47)72-2)54(65)49-51-55(66)75-52(39-14-7-4-8-15-39)50(38-12-5-3-6-13-38)61(51)53(40-19-23-44(24-20-40)73-30-29-64)58(49)45-31-36(11-9-10-28-63)18-25-46(45)60(56(58)67)57(68)74-35-37-16-21-43(22-17-37)62(69)70/h3-8,12-25,31-33,49-53,63-64H,10,26-30,34-35H2,1-2H3. The first-order chi connectivity index (χ1) is 36.5. The molecule has 6 atom stereocenters. The zero-order chi connectivity index (χ0) is 52.4. The van der Waals surface area contributed by atoms with Gasteiger partial charge in [-0.05, 0) is 100.0 Å². The number of carbonyl (C=O) groups is 4. The van der Waals surface area contributed by atoms with Crippen molar-refractivity contribution in [1.82, 2.24) is 9.80 Å². The largest absolute Gasteiger partial charge is 0.493 e. The molecule has 4 heterocycles. The molecule has 2 saturated heterocycles. The molecule has 6 unspecified atom stereocenters. The second-order valence-corrected chi connectivity index (χ2v) is 18.5. The molecule has 0 aliphatic carbocycles. The van der Waals surface area contributed by atoms with Gasteiger partial charge < -0.3 is 38.8 Å². The third-order valence-electron chi connectivity index (χ3n) is 14.5. The number of esters is 1. The zero-order valence-electron chi connectivity index (χ0n) is 41.0. The molecule has 2 fully saturated rings. The van der Waals surface area contributed by atoms with Crippen molar-refractivity contribution in [3.05, 3.63) is 194 Å². The minimum Gasteiger partial charge on any atom is -0.493 e. The molecule has 17 heteroatoms. The summed E-state index contributed by atoms with van der Waals surface area (Å²) in [5.74, 6) is 3.65. The molecule has 4 aliphatic rings. The number of nitro benzene ring substituents is 1. The Morgan fingerprint density at radius 1 is 0.800 bits per heavy atom. The molecule has 17 nitrogen and oxygen atoms in total. The SMILES string of the molecule is COc1cc2c(cc1OC)CN(C(=O)C1C3C(=O)OC(c4ccccc4)C(c4ccccc4)N3C(c3ccc(OCCO)cc3)C13C(=O)N(C(=O)OCc1ccc([N+](=O)[O-])cc1)c1ccc(C#CCCO)cc13)CC2. The number of methoxy groups -OCH3 is 2. The fourth-order valence-corrected chi connectivity index (χ4v) is 11.3. The highest BCUT2D eigenvalue weighted by Gasteiger charge is 2.76. The van der Waals surface area contributed by atoms with Crippen molar-refractivity contribution >= 4 is 35.3 Å². The number of anilines is 1. The predicted octanol–water partition coefficient (Wildman–Crippen LogP) is 7.30. The number of imide groups is 1. The number of carbonyl (C=O) groups excluding carboxylic acids is 4. The van der Waals surface area contributed by atoms with Crippen LogP contribution in [0.3, 0.4) is 0 Å². The van der Waals surface area contributed by atoms with E-state index in [0.29, 0.717) is 51.5 Å². The lowest BCUT2D eigenvalue weighted by Gasteiger charge is -2.46. The average molecular weight is 1010 g/mol. The van der Waals surface area contributed by atoms with E-state index in [1.54, 1.807) is 54.5 Å². The molecule has 4 aliphatic heterocycles. The van der Waals surface area contributed by atoms with Crippen molar-refractivity contribution in [2.75, 3.05) is 45.5 Å². The van der Waals surface area contributed by atoms with Crippen LogP contribution >= 0.6 is 0 Å². The van der Waals surface area contributed by atoms with Gasteiger partial charge in [0.2, 0.25) is 11.8 Å². The van der Waals surface area contributed by atoms with Gasteiger partial charge in [0.1, 0.15) is 36.5 Å². The highest BCUT2D eigenvalue weighted by Crippen LogP contribution is 2.66. The minimum atomic E-state index is -2.14. The van der Waals surface area contributed by atoms with Crippen LogP contribution in [-0.2, 0) is 48.8 Å². The molecule has 2 N–H and O–H groups in total. The quantitative estimate of drug-likeness (QED) is 0.0504. The van der Waals surface area contributed by atoms with Crippen molar-refractivity contribution in [3.63, 3.8) is 0 Å². The predicted molar refractivity (Wildman–Crippen MR) is 271 cm³/mol. The maximum absolute atomic E-state index is 16.8. The number of aliphatic hydroxyl groups is 2. The molecule has 0 bridgehead atoms. The summed E-state index contributed by atoms with van der Waals surface area (Å²) in [5.41, 5.74) is 2.32. The second kappa shape index (κ2) is 21.1. The number of nitro groups is 1. The van der Waals surface area contributed by atoms with E-state index in [0.717, 1.165) is 16.0 Å². The van der Waals surface area contributed by atoms with Crippen molar-refractivity contribution in [2.45, 2.75) is 55.6 Å². The van der Waals surface area contributed by atoms with Gasteiger partial charge in [-0.1, -0.05) is 84.6 Å². The monoisotopic (exact) mass is 1010 g/mol. The van der Waals surface area contributed by atoms with Crippen LogP contribution in [0.15, 0.2) is 140 Å². The van der Waals surface area contributed by atoms with Gasteiger partial charge in [-0.25, -0.2) is 9.69 Å². The van der Waals surface area contributed by atoms with Crippen LogP contribution in [0.25, 0.3) is 0 Å². The number of morpholine rings is 1. The summed E-state index contributed by atoms with van der Waals surface area (Å²) < 4.78 is 29.7. The molecular weight excluding hydrogens is 961 g/mol. The third kappa shape index (κ3) is 8.96. The van der Waals surface area contributed by atoms with Crippen LogP contribution in [0.1, 0.15) is 69.1 Å². The Morgan fingerprint density at radius 2 is 1.48 bits per heavy atom. The van der Waals surface area contributed by atoms with Crippen LogP contribution in [0.5, 0.6) is 17.2 Å². The number of aliphatic hydroxyl groups excluding tert-OH is 2. The number of hydrogen-bond acceptors (Lipinski definition) is 14. The smallest absolute Gasteiger partial charge is 0.421 e. The summed E-state index contributed by atoms with van der Waals surface area (Å²) in [7, 11) is 3.07. The molecule has 3 amide bonds. The van der Waals surface area contributed by atoms with Gasteiger partial charge in [0.05, 0.1) is 56.0 Å². The Balaban J connectivity index is 1.23. The number of nitrogens with zero attached hydrogens (tertiary/aromatic N) is 4. The Hall–Kier alpha value is -8.56. The summed E-state index contributed by atoms with van der Waals surface area (Å²) in [6.07, 6.45) is -1.56. The minimum absolute atomic E-state index is 0.00131. The van der Waals surface area contributed by atoms with E-state index in [1.807, 2.05) is 77.7 Å². The number of fused-ring (bicyclic) bond motifs is 4. The van der Waals surface area contributed by atoms with E-state index in [2.05, 4.69) is 11.8 Å². The van der Waals surface area contributed by atoms with Crippen molar-refractivity contribution in [2.24, 2.45) is 5.92 Å². The first kappa shape index (κ1) is 50.0. The van der Waals surface area contributed by atoms with Crippen LogP contribution in [0, 0.1) is 27.9 Å². The first-order valence-electron chi connectivity index (χ1n) is 24.4. The lowest BCUT2D eigenvalue weighted by molar-refractivity contribution is -0.384. The second-order valence-electron chi connectivity index (χ2n) is 18.5. The summed E-state index contributed by atoms with van der Waals surface area (Å²) in [6, 6.07) is 36.0. The molecule has 6 aromatic rings. The van der Waals surface area contributed by atoms with Crippen molar-refractivity contribution < 1.29 is 58.0 Å². The highest BCUT2D eigenvalue weighted by atomic mass is 16.6. The van der Waals surface area contributed by atoms with Crippen molar-refractivity contribution in [1.29, 1.82) is 0 Å². The van der Waals surface area contributed by atoms with E-state index < -0.39 is 64.4 Å². The average Bonchev–Trinajstić information content (AvgIpc) is 4.11. The Bertz CT molecular complexity index is 3220. The Kier molecular flexibility index (Phi) is 14.1. The van der Waals surface area contributed by atoms with Crippen LogP contribution in [-0.4, -0.2) is 95.4 Å².